The summed E-state index contributed by atoms with van der Waals surface area (Å²) >= 11 is 0. The number of hydrogen-bond acceptors (Lipinski definition) is 4. The van der Waals surface area contributed by atoms with Crippen LogP contribution >= 0.6 is 0 Å². The fourth-order valence-corrected chi connectivity index (χ4v) is 10.2. The number of ketones is 1. The molecule has 2 amide bonds. The predicted molar refractivity (Wildman–Crippen MR) is 171 cm³/mol. The third kappa shape index (κ3) is 5.23. The van der Waals surface area contributed by atoms with E-state index in [1.54, 1.807) is 0 Å². The molecular weight excluding hydrogens is 534 g/mol. The molecule has 236 valence electrons. The Kier molecular flexibility index (Phi) is 9.02. The van der Waals surface area contributed by atoms with Crippen LogP contribution in [0.5, 0.6) is 0 Å². The van der Waals surface area contributed by atoms with Crippen LogP contribution in [-0.2, 0) is 14.4 Å². The standard InChI is InChI=1S/C36H51N3O3.CH4/c1-8-9-16-38-30(41)21-39-32(42)36-13-11-26-31(27(36)19-33(4,5)14-15-36)28(40)17-29-34(26,6)12-10-25-23(3)22(2)24(20-37)18-35(25,29)7;/h17-18,23,25-27,31H,2,8-16,19,21H2,1,3-7H3,(H,38,41)(H,39,42);1H4. The minimum atomic E-state index is -0.621. The summed E-state index contributed by atoms with van der Waals surface area (Å²) in [5.74, 6) is 0.386. The fraction of sp³-hybridized carbons (Fsp3) is 0.730. The van der Waals surface area contributed by atoms with Crippen LogP contribution in [0.3, 0.4) is 0 Å². The van der Waals surface area contributed by atoms with Crippen LogP contribution in [0.15, 0.2) is 35.5 Å². The van der Waals surface area contributed by atoms with Crippen molar-refractivity contribution in [2.75, 3.05) is 13.1 Å². The summed E-state index contributed by atoms with van der Waals surface area (Å²) < 4.78 is 0. The Bertz CT molecular complexity index is 1290. The first kappa shape index (κ1) is 33.2. The zero-order valence-corrected chi connectivity index (χ0v) is 26.7. The molecule has 5 aliphatic carbocycles. The van der Waals surface area contributed by atoms with E-state index in [1.165, 1.54) is 5.57 Å². The maximum absolute atomic E-state index is 14.4. The van der Waals surface area contributed by atoms with Crippen molar-refractivity contribution in [1.29, 1.82) is 5.26 Å². The van der Waals surface area contributed by atoms with Gasteiger partial charge in [-0.15, -0.1) is 0 Å². The van der Waals surface area contributed by atoms with Crippen LogP contribution in [-0.4, -0.2) is 30.7 Å². The van der Waals surface area contributed by atoms with Crippen LogP contribution in [0.25, 0.3) is 0 Å². The van der Waals surface area contributed by atoms with Gasteiger partial charge in [0.15, 0.2) is 5.78 Å². The van der Waals surface area contributed by atoms with Gasteiger partial charge in [-0.2, -0.15) is 5.26 Å². The molecule has 0 aromatic rings. The van der Waals surface area contributed by atoms with E-state index < -0.39 is 5.41 Å². The van der Waals surface area contributed by atoms with Gasteiger partial charge in [-0.05, 0) is 97.5 Å². The quantitative estimate of drug-likeness (QED) is 0.323. The molecule has 0 spiro atoms. The highest BCUT2D eigenvalue weighted by Crippen LogP contribution is 2.69. The Morgan fingerprint density at radius 3 is 2.42 bits per heavy atom. The number of hydrogen-bond donors (Lipinski definition) is 2. The zero-order valence-electron chi connectivity index (χ0n) is 26.7. The number of rotatable bonds is 6. The molecule has 0 heterocycles. The topological polar surface area (TPSA) is 99.1 Å². The van der Waals surface area contributed by atoms with Gasteiger partial charge >= 0.3 is 0 Å². The molecule has 0 bridgehead atoms. The molecule has 0 aromatic carbocycles. The van der Waals surface area contributed by atoms with Gasteiger partial charge in [0.1, 0.15) is 0 Å². The highest BCUT2D eigenvalue weighted by molar-refractivity contribution is 5.96. The lowest BCUT2D eigenvalue weighted by Gasteiger charge is -2.64. The van der Waals surface area contributed by atoms with Crippen molar-refractivity contribution in [1.82, 2.24) is 10.6 Å². The summed E-state index contributed by atoms with van der Waals surface area (Å²) in [5.41, 5.74) is 1.68. The number of nitrogens with zero attached hydrogens (tertiary/aromatic N) is 1. The van der Waals surface area contributed by atoms with Crippen LogP contribution in [0.1, 0.15) is 107 Å². The van der Waals surface area contributed by atoms with Crippen molar-refractivity contribution < 1.29 is 14.4 Å². The van der Waals surface area contributed by atoms with E-state index in [9.17, 15) is 19.6 Å². The lowest BCUT2D eigenvalue weighted by Crippen LogP contribution is -2.62. The van der Waals surface area contributed by atoms with E-state index in [4.69, 9.17) is 0 Å². The van der Waals surface area contributed by atoms with Crippen molar-refractivity contribution in [3.63, 3.8) is 0 Å². The normalized spacial score (nSPS) is 39.2. The SMILES string of the molecule is C.C=C1C(C#N)=CC2(C)C3=CC(=O)C4C(CCC5(C(=O)NCC(=O)NCCCC)CCC(C)(C)CC45)C3(C)CCC2C1C. The Labute approximate surface area is 260 Å². The molecule has 0 radical (unpaired) electrons. The van der Waals surface area contributed by atoms with Gasteiger partial charge in [0.2, 0.25) is 11.8 Å². The Morgan fingerprint density at radius 2 is 1.74 bits per heavy atom. The number of carbonyl (C=O) groups excluding carboxylic acids is 3. The Morgan fingerprint density at radius 1 is 1.05 bits per heavy atom. The third-order valence-electron chi connectivity index (χ3n) is 12.7. The zero-order chi connectivity index (χ0) is 30.7. The molecule has 8 atom stereocenters. The van der Waals surface area contributed by atoms with E-state index in [1.807, 2.05) is 6.08 Å². The second-order valence-electron chi connectivity index (χ2n) is 15.5. The number of amides is 2. The first-order valence-corrected chi connectivity index (χ1v) is 16.4. The van der Waals surface area contributed by atoms with E-state index in [0.717, 1.165) is 63.4 Å². The summed E-state index contributed by atoms with van der Waals surface area (Å²) in [6.45, 7) is 18.3. The third-order valence-corrected chi connectivity index (χ3v) is 12.7. The molecule has 6 heteroatoms. The predicted octanol–water partition coefficient (Wildman–Crippen LogP) is 7.08. The average molecular weight is 590 g/mol. The van der Waals surface area contributed by atoms with Crippen molar-refractivity contribution in [2.24, 2.45) is 51.2 Å². The van der Waals surface area contributed by atoms with Crippen LogP contribution in [0.4, 0.5) is 0 Å². The van der Waals surface area contributed by atoms with E-state index in [0.29, 0.717) is 18.0 Å². The molecule has 3 saturated carbocycles. The summed E-state index contributed by atoms with van der Waals surface area (Å²) in [5, 5.41) is 15.9. The number of nitrogens with one attached hydrogen (secondary N) is 2. The van der Waals surface area contributed by atoms with Crippen LogP contribution < -0.4 is 10.6 Å². The van der Waals surface area contributed by atoms with Gasteiger partial charge in [-0.1, -0.05) is 73.6 Å². The van der Waals surface area contributed by atoms with Gasteiger partial charge in [0.05, 0.1) is 23.6 Å². The van der Waals surface area contributed by atoms with Crippen molar-refractivity contribution in [3.8, 4) is 6.07 Å². The van der Waals surface area contributed by atoms with Crippen LogP contribution in [0.2, 0.25) is 0 Å². The number of allylic oxidation sites excluding steroid dienone is 5. The van der Waals surface area contributed by atoms with Gasteiger partial charge < -0.3 is 10.6 Å². The molecule has 6 nitrogen and oxygen atoms in total. The summed E-state index contributed by atoms with van der Waals surface area (Å²) in [6, 6.07) is 2.39. The van der Waals surface area contributed by atoms with E-state index in [-0.39, 0.29) is 71.5 Å². The molecule has 3 fully saturated rings. The van der Waals surface area contributed by atoms with E-state index >= 15 is 0 Å². The average Bonchev–Trinajstić information content (AvgIpc) is 2.94. The van der Waals surface area contributed by atoms with E-state index in [2.05, 4.69) is 70.9 Å². The maximum Gasteiger partial charge on any atom is 0.239 e. The molecular formula is C37H55N3O3. The van der Waals surface area contributed by atoms with Gasteiger partial charge in [0.25, 0.3) is 0 Å². The van der Waals surface area contributed by atoms with Gasteiger partial charge in [-0.3, -0.25) is 14.4 Å². The van der Waals surface area contributed by atoms with Crippen molar-refractivity contribution in [3.05, 3.63) is 35.5 Å². The number of fused-ring (bicyclic) bond motifs is 7. The van der Waals surface area contributed by atoms with Gasteiger partial charge in [0, 0.05) is 17.9 Å². The molecule has 5 rings (SSSR count). The molecule has 0 aromatic heterocycles. The lowest BCUT2D eigenvalue weighted by atomic mass is 9.39. The fourth-order valence-electron chi connectivity index (χ4n) is 10.2. The second-order valence-corrected chi connectivity index (χ2v) is 15.5. The lowest BCUT2D eigenvalue weighted by molar-refractivity contribution is -0.161. The maximum atomic E-state index is 14.4. The summed E-state index contributed by atoms with van der Waals surface area (Å²) in [7, 11) is 0. The first-order valence-electron chi connectivity index (χ1n) is 16.4. The van der Waals surface area contributed by atoms with Crippen molar-refractivity contribution in [2.45, 2.75) is 107 Å². The van der Waals surface area contributed by atoms with Gasteiger partial charge in [-0.25, -0.2) is 0 Å². The second kappa shape index (κ2) is 11.7. The number of unbranched alkanes of at least 4 members (excludes halogenated alkanes) is 1. The Balaban J connectivity index is 0.00000423. The summed E-state index contributed by atoms with van der Waals surface area (Å²) in [4.78, 5) is 40.9. The summed E-state index contributed by atoms with van der Waals surface area (Å²) in [6.07, 6.45) is 12.1. The minimum Gasteiger partial charge on any atom is -0.355 e. The molecule has 5 aliphatic rings. The molecule has 0 aliphatic heterocycles. The first-order chi connectivity index (χ1) is 19.7. The monoisotopic (exact) mass is 589 g/mol. The molecule has 43 heavy (non-hydrogen) atoms. The highest BCUT2D eigenvalue weighted by Gasteiger charge is 2.65. The minimum absolute atomic E-state index is 0. The Hall–Kier alpha value is -2.68. The smallest absolute Gasteiger partial charge is 0.239 e. The molecule has 0 saturated heterocycles. The number of nitriles is 1. The van der Waals surface area contributed by atoms with Crippen LogP contribution in [0, 0.1) is 62.6 Å². The van der Waals surface area contributed by atoms with Crippen molar-refractivity contribution >= 4 is 17.6 Å². The molecule has 2 N–H and O–H groups in total. The highest BCUT2D eigenvalue weighted by atomic mass is 16.2. The molecule has 8 unspecified atom stereocenters. The largest absolute Gasteiger partial charge is 0.355 e. The number of carbonyl (C=O) groups is 3.